The van der Waals surface area contributed by atoms with E-state index in [0.29, 0.717) is 13.0 Å². The lowest BCUT2D eigenvalue weighted by atomic mass is 9.93. The molecule has 0 bridgehead atoms. The van der Waals surface area contributed by atoms with Gasteiger partial charge >= 0.3 is 5.97 Å². The van der Waals surface area contributed by atoms with Gasteiger partial charge in [-0.1, -0.05) is 0 Å². The lowest BCUT2D eigenvalue weighted by molar-refractivity contribution is -0.152. The molecule has 0 radical (unpaired) electrons. The van der Waals surface area contributed by atoms with Crippen LogP contribution in [0.25, 0.3) is 0 Å². The quantitative estimate of drug-likeness (QED) is 0.599. The number of alkyl halides is 2. The van der Waals surface area contributed by atoms with E-state index in [1.165, 1.54) is 7.11 Å². The van der Waals surface area contributed by atoms with Gasteiger partial charge in [0.15, 0.2) is 0 Å². The maximum Gasteiger partial charge on any atom is 0.326 e. The lowest BCUT2D eigenvalue weighted by Gasteiger charge is -2.27. The first kappa shape index (κ1) is 9.83. The van der Waals surface area contributed by atoms with Crippen molar-refractivity contribution in [3.8, 4) is 0 Å². The highest BCUT2D eigenvalue weighted by Gasteiger charge is 2.61. The smallest absolute Gasteiger partial charge is 0.326 e. The van der Waals surface area contributed by atoms with Crippen LogP contribution in [0.2, 0.25) is 0 Å². The molecule has 0 aromatic rings. The van der Waals surface area contributed by atoms with E-state index in [9.17, 15) is 13.6 Å². The number of carbonyl (C=O) groups excluding carboxylic acids is 1. The van der Waals surface area contributed by atoms with Gasteiger partial charge in [-0.25, -0.2) is 8.78 Å². The van der Waals surface area contributed by atoms with Crippen molar-refractivity contribution in [3.63, 3.8) is 0 Å². The van der Waals surface area contributed by atoms with E-state index in [1.807, 2.05) is 0 Å². The van der Waals surface area contributed by atoms with E-state index in [2.05, 4.69) is 4.74 Å². The third kappa shape index (κ3) is 1.22. The summed E-state index contributed by atoms with van der Waals surface area (Å²) in [6.45, 7) is 0.271. The Morgan fingerprint density at radius 3 is 2.86 bits per heavy atom. The van der Waals surface area contributed by atoms with Crippen LogP contribution in [0.3, 0.4) is 0 Å². The van der Waals surface area contributed by atoms with Crippen LogP contribution >= 0.6 is 0 Å². The first-order chi connectivity index (χ1) is 6.50. The van der Waals surface area contributed by atoms with Gasteiger partial charge < -0.3 is 4.74 Å². The number of hydrogen-bond donors (Lipinski definition) is 0. The first-order valence-electron chi connectivity index (χ1n) is 4.71. The van der Waals surface area contributed by atoms with Crippen molar-refractivity contribution in [2.75, 3.05) is 20.2 Å². The number of carbonyl (C=O) groups is 1. The Labute approximate surface area is 81.0 Å². The summed E-state index contributed by atoms with van der Waals surface area (Å²) in [7, 11) is 1.25. The predicted octanol–water partition coefficient (Wildman–Crippen LogP) is 1.03. The minimum atomic E-state index is -2.74. The molecule has 5 heteroatoms. The van der Waals surface area contributed by atoms with Crippen LogP contribution < -0.4 is 0 Å². The normalized spacial score (nSPS) is 35.6. The van der Waals surface area contributed by atoms with Gasteiger partial charge in [-0.15, -0.1) is 0 Å². The predicted molar refractivity (Wildman–Crippen MR) is 45.1 cm³/mol. The molecule has 3 nitrogen and oxygen atoms in total. The van der Waals surface area contributed by atoms with Gasteiger partial charge in [-0.2, -0.15) is 0 Å². The number of ether oxygens (including phenoxy) is 1. The largest absolute Gasteiger partial charge is 0.468 e. The van der Waals surface area contributed by atoms with Crippen LogP contribution in [-0.4, -0.2) is 42.5 Å². The lowest BCUT2D eigenvalue weighted by Crippen LogP contribution is -2.46. The second kappa shape index (κ2) is 2.89. The van der Waals surface area contributed by atoms with Gasteiger partial charge in [0.05, 0.1) is 13.7 Å². The van der Waals surface area contributed by atoms with Crippen molar-refractivity contribution in [3.05, 3.63) is 0 Å². The molecule has 14 heavy (non-hydrogen) atoms. The van der Waals surface area contributed by atoms with Gasteiger partial charge in [0.2, 0.25) is 0 Å². The molecule has 0 aliphatic carbocycles. The van der Waals surface area contributed by atoms with E-state index in [-0.39, 0.29) is 13.0 Å². The van der Waals surface area contributed by atoms with Crippen LogP contribution in [-0.2, 0) is 9.53 Å². The molecule has 0 saturated carbocycles. The fourth-order valence-electron chi connectivity index (χ4n) is 2.62. The molecule has 0 N–H and O–H groups in total. The van der Waals surface area contributed by atoms with Gasteiger partial charge in [0, 0.05) is 6.42 Å². The van der Waals surface area contributed by atoms with Crippen molar-refractivity contribution >= 4 is 5.97 Å². The van der Waals surface area contributed by atoms with E-state index in [1.54, 1.807) is 4.90 Å². The molecule has 2 aliphatic rings. The minimum Gasteiger partial charge on any atom is -0.468 e. The molecular formula is C9H13F2NO2. The maximum atomic E-state index is 13.2. The first-order valence-corrected chi connectivity index (χ1v) is 4.71. The Morgan fingerprint density at radius 2 is 2.21 bits per heavy atom. The Hall–Kier alpha value is -0.710. The molecule has 0 unspecified atom stereocenters. The summed E-state index contributed by atoms with van der Waals surface area (Å²) in [5.41, 5.74) is -1.03. The average Bonchev–Trinajstić information content (AvgIpc) is 2.56. The second-order valence-electron chi connectivity index (χ2n) is 4.08. The third-order valence-electron chi connectivity index (χ3n) is 3.16. The number of nitrogens with zero attached hydrogens (tertiary/aromatic N) is 1. The number of esters is 1. The van der Waals surface area contributed by atoms with Crippen LogP contribution in [0.4, 0.5) is 8.78 Å². The molecule has 0 amide bonds. The Bertz CT molecular complexity index is 270. The topological polar surface area (TPSA) is 29.5 Å². The number of halogens is 2. The van der Waals surface area contributed by atoms with Gasteiger partial charge in [0.1, 0.15) is 5.54 Å². The molecular weight excluding hydrogens is 192 g/mol. The molecule has 2 heterocycles. The van der Waals surface area contributed by atoms with Crippen molar-refractivity contribution in [2.24, 2.45) is 0 Å². The zero-order valence-electron chi connectivity index (χ0n) is 8.06. The monoisotopic (exact) mass is 205 g/mol. The molecule has 1 atom stereocenters. The Kier molecular flexibility index (Phi) is 2.03. The summed E-state index contributed by atoms with van der Waals surface area (Å²) in [4.78, 5) is 13.1. The van der Waals surface area contributed by atoms with Gasteiger partial charge in [-0.3, -0.25) is 9.69 Å². The summed E-state index contributed by atoms with van der Waals surface area (Å²) in [6, 6.07) is 0. The molecule has 2 saturated heterocycles. The van der Waals surface area contributed by atoms with Gasteiger partial charge in [-0.05, 0) is 19.4 Å². The number of methoxy groups -OCH3 is 1. The summed E-state index contributed by atoms with van der Waals surface area (Å²) in [5.74, 6) is -3.25. The molecule has 0 aromatic heterocycles. The van der Waals surface area contributed by atoms with E-state index in [0.717, 1.165) is 6.42 Å². The number of hydrogen-bond acceptors (Lipinski definition) is 3. The maximum absolute atomic E-state index is 13.2. The third-order valence-corrected chi connectivity index (χ3v) is 3.16. The molecule has 2 aliphatic heterocycles. The Balaban J connectivity index is 2.27. The summed E-state index contributed by atoms with van der Waals surface area (Å²) in [6.07, 6.45) is 0.910. The SMILES string of the molecule is COC(=O)[C@@]12CCCN1CC(F)(F)C2. The highest BCUT2D eigenvalue weighted by Crippen LogP contribution is 2.46. The zero-order chi connectivity index (χ0) is 10.4. The highest BCUT2D eigenvalue weighted by atomic mass is 19.3. The number of rotatable bonds is 1. The molecule has 0 spiro atoms. The Morgan fingerprint density at radius 1 is 1.50 bits per heavy atom. The fourth-order valence-corrected chi connectivity index (χ4v) is 2.62. The molecule has 2 fully saturated rings. The average molecular weight is 205 g/mol. The van der Waals surface area contributed by atoms with Crippen LogP contribution in [0.1, 0.15) is 19.3 Å². The molecule has 2 rings (SSSR count). The van der Waals surface area contributed by atoms with Crippen molar-refractivity contribution in [2.45, 2.75) is 30.7 Å². The van der Waals surface area contributed by atoms with E-state index in [4.69, 9.17) is 0 Å². The standard InChI is InChI=1S/C9H13F2NO2/c1-14-7(13)8-3-2-4-12(8)6-9(10,11)5-8/h2-6H2,1H3/t8-/m0/s1. The fraction of sp³-hybridized carbons (Fsp3) is 0.889. The van der Waals surface area contributed by atoms with Crippen molar-refractivity contribution in [1.29, 1.82) is 0 Å². The van der Waals surface area contributed by atoms with Crippen LogP contribution in [0.15, 0.2) is 0 Å². The number of fused-ring (bicyclic) bond motifs is 1. The summed E-state index contributed by atoms with van der Waals surface area (Å²) < 4.78 is 30.9. The van der Waals surface area contributed by atoms with Gasteiger partial charge in [0.25, 0.3) is 5.92 Å². The zero-order valence-corrected chi connectivity index (χ0v) is 8.06. The van der Waals surface area contributed by atoms with E-state index >= 15 is 0 Å². The van der Waals surface area contributed by atoms with Crippen molar-refractivity contribution in [1.82, 2.24) is 4.90 Å². The highest BCUT2D eigenvalue weighted by molar-refractivity contribution is 5.82. The minimum absolute atomic E-state index is 0.303. The summed E-state index contributed by atoms with van der Waals surface area (Å²) in [5, 5.41) is 0. The van der Waals surface area contributed by atoms with Crippen LogP contribution in [0.5, 0.6) is 0 Å². The second-order valence-corrected chi connectivity index (χ2v) is 4.08. The summed E-state index contributed by atoms with van der Waals surface area (Å²) >= 11 is 0. The molecule has 80 valence electrons. The van der Waals surface area contributed by atoms with Crippen LogP contribution in [0, 0.1) is 0 Å². The molecule has 0 aromatic carbocycles. The van der Waals surface area contributed by atoms with E-state index < -0.39 is 17.4 Å². The van der Waals surface area contributed by atoms with Crippen molar-refractivity contribution < 1.29 is 18.3 Å².